The van der Waals surface area contributed by atoms with Gasteiger partial charge in [0.1, 0.15) is 23.6 Å². The first-order valence-electron chi connectivity index (χ1n) is 13.3. The first-order chi connectivity index (χ1) is 18.4. The summed E-state index contributed by atoms with van der Waals surface area (Å²) in [5.41, 5.74) is 1.35. The van der Waals surface area contributed by atoms with Gasteiger partial charge in [-0.1, -0.05) is 41.7 Å². The Morgan fingerprint density at radius 2 is 2.03 bits per heavy atom. The van der Waals surface area contributed by atoms with E-state index in [0.717, 1.165) is 45.2 Å². The molecule has 8 nitrogen and oxygen atoms in total. The van der Waals surface area contributed by atoms with Crippen molar-refractivity contribution in [1.29, 1.82) is 0 Å². The number of likely N-dealkylation sites (tertiary alicyclic amines) is 1. The maximum atomic E-state index is 14.4. The topological polar surface area (TPSA) is 104 Å². The predicted octanol–water partition coefficient (Wildman–Crippen LogP) is 5.58. The van der Waals surface area contributed by atoms with Crippen LogP contribution in [0.25, 0.3) is 11.4 Å². The van der Waals surface area contributed by atoms with Crippen LogP contribution in [0.1, 0.15) is 73.6 Å². The molecule has 38 heavy (non-hydrogen) atoms. The Balaban J connectivity index is 1.25. The van der Waals surface area contributed by atoms with Gasteiger partial charge in [0.25, 0.3) is 0 Å². The van der Waals surface area contributed by atoms with E-state index in [1.54, 1.807) is 24.3 Å². The van der Waals surface area contributed by atoms with Gasteiger partial charge in [0, 0.05) is 18.4 Å². The maximum Gasteiger partial charge on any atom is 0.224 e. The second-order valence-electron chi connectivity index (χ2n) is 10.7. The molecule has 202 valence electrons. The van der Waals surface area contributed by atoms with Crippen molar-refractivity contribution in [2.45, 2.75) is 57.4 Å². The second kappa shape index (κ2) is 11.4. The van der Waals surface area contributed by atoms with Crippen LogP contribution < -0.4 is 5.32 Å². The lowest BCUT2D eigenvalue weighted by Crippen LogP contribution is -2.36. The number of unbranched alkanes of at least 4 members (excludes halogenated alkanes) is 2. The molecule has 0 unspecified atom stereocenters. The normalized spacial score (nSPS) is 19.4. The molecule has 3 aromatic rings. The van der Waals surface area contributed by atoms with E-state index in [2.05, 4.69) is 32.4 Å². The second-order valence-corrected chi connectivity index (χ2v) is 11.0. The van der Waals surface area contributed by atoms with Crippen molar-refractivity contribution in [3.05, 3.63) is 59.0 Å². The van der Waals surface area contributed by atoms with Gasteiger partial charge >= 0.3 is 0 Å². The van der Waals surface area contributed by atoms with Crippen LogP contribution in [-0.4, -0.2) is 51.9 Å². The summed E-state index contributed by atoms with van der Waals surface area (Å²) in [5, 5.41) is 7.15. The minimum Gasteiger partial charge on any atom is -0.364 e. The molecule has 1 saturated heterocycles. The van der Waals surface area contributed by atoms with Gasteiger partial charge in [-0.25, -0.2) is 9.37 Å². The van der Waals surface area contributed by atoms with E-state index >= 15 is 0 Å². The maximum absolute atomic E-state index is 14.4. The Kier molecular flexibility index (Phi) is 7.95. The molecule has 1 amide bonds. The number of hydrogen-bond donors (Lipinski definition) is 2. The summed E-state index contributed by atoms with van der Waals surface area (Å²) in [5.74, 6) is -0.0694. The number of nitrogens with one attached hydrogen (secondary N) is 2. The Morgan fingerprint density at radius 1 is 1.24 bits per heavy atom. The van der Waals surface area contributed by atoms with Crippen LogP contribution in [0.15, 0.2) is 41.1 Å². The summed E-state index contributed by atoms with van der Waals surface area (Å²) in [6.45, 7) is 2.03. The number of rotatable bonds is 11. The highest BCUT2D eigenvalue weighted by Crippen LogP contribution is 2.59. The van der Waals surface area contributed by atoms with E-state index in [4.69, 9.17) is 16.1 Å². The van der Waals surface area contributed by atoms with Gasteiger partial charge in [0.2, 0.25) is 5.91 Å². The number of benzene rings is 1. The van der Waals surface area contributed by atoms with Gasteiger partial charge in [0.05, 0.1) is 17.3 Å². The van der Waals surface area contributed by atoms with Crippen LogP contribution in [0.4, 0.5) is 4.39 Å². The van der Waals surface area contributed by atoms with Crippen LogP contribution in [0.3, 0.4) is 0 Å². The van der Waals surface area contributed by atoms with E-state index < -0.39 is 11.9 Å². The number of hydrogen-bond acceptors (Lipinski definition) is 6. The molecule has 2 aliphatic rings. The highest BCUT2D eigenvalue weighted by molar-refractivity contribution is 6.30. The summed E-state index contributed by atoms with van der Waals surface area (Å²) in [7, 11) is 2.12. The monoisotopic (exact) mass is 541 g/mol. The van der Waals surface area contributed by atoms with Crippen molar-refractivity contribution in [3.63, 3.8) is 0 Å². The summed E-state index contributed by atoms with van der Waals surface area (Å²) in [6, 6.07) is 7.55. The van der Waals surface area contributed by atoms with E-state index in [0.29, 0.717) is 42.0 Å². The third-order valence-electron chi connectivity index (χ3n) is 8.09. The average molecular weight is 542 g/mol. The van der Waals surface area contributed by atoms with Gasteiger partial charge in [-0.05, 0) is 69.8 Å². The third kappa shape index (κ3) is 5.83. The molecule has 1 spiro atoms. The number of ketones is 1. The number of piperidine rings is 1. The van der Waals surface area contributed by atoms with Gasteiger partial charge in [-0.3, -0.25) is 9.59 Å². The fourth-order valence-corrected chi connectivity index (χ4v) is 5.83. The molecule has 2 aromatic heterocycles. The summed E-state index contributed by atoms with van der Waals surface area (Å²) < 4.78 is 19.2. The number of aromatic amines is 1. The molecule has 3 heterocycles. The van der Waals surface area contributed by atoms with Gasteiger partial charge in [0.15, 0.2) is 10.9 Å². The van der Waals surface area contributed by atoms with Crippen molar-refractivity contribution in [1.82, 2.24) is 25.3 Å². The first-order valence-corrected chi connectivity index (χ1v) is 13.7. The van der Waals surface area contributed by atoms with Crippen molar-refractivity contribution in [2.75, 3.05) is 20.1 Å². The summed E-state index contributed by atoms with van der Waals surface area (Å²) >= 11 is 6.54. The fourth-order valence-electron chi connectivity index (χ4n) is 5.57. The minimum absolute atomic E-state index is 0.00603. The number of Topliss-reactive ketones (excluding diaryl/α,β-unsaturated/α-hetero) is 1. The molecule has 0 radical (unpaired) electrons. The van der Waals surface area contributed by atoms with Crippen molar-refractivity contribution >= 4 is 23.3 Å². The van der Waals surface area contributed by atoms with Crippen LogP contribution in [0, 0.1) is 17.2 Å². The molecule has 1 aromatic carbocycles. The summed E-state index contributed by atoms with van der Waals surface area (Å²) in [4.78, 5) is 35.4. The smallest absolute Gasteiger partial charge is 0.224 e. The highest BCUT2D eigenvalue weighted by atomic mass is 35.5. The number of H-pyrrole nitrogens is 1. The molecular weight excluding hydrogens is 509 g/mol. The van der Waals surface area contributed by atoms with Gasteiger partial charge < -0.3 is 19.7 Å². The standard InChI is InChI=1S/C28H33ClFN5O3/c1-35-14-12-28(13-15-35)17-19(28)27(37)31-22(9-3-2-4-10-23(36)21-11-16-38-34-21)24-25(29)33-26(32-24)18-7-5-6-8-20(18)30/h5-8,11,16,19,22H,2-4,9-10,12-15,17H2,1H3,(H,31,37)(H,32,33)/t19-,22+/m1/s1. The van der Waals surface area contributed by atoms with E-state index in [1.165, 1.54) is 12.3 Å². The van der Waals surface area contributed by atoms with Crippen molar-refractivity contribution in [3.8, 4) is 11.4 Å². The number of halogens is 2. The molecule has 10 heteroatoms. The number of nitrogens with zero attached hydrogens (tertiary/aromatic N) is 3. The SMILES string of the molecule is CN1CCC2(CC1)C[C@@H]2C(=O)N[C@@H](CCCCCC(=O)c1ccon1)c1[nH]c(-c2ccccc2F)nc1Cl. The van der Waals surface area contributed by atoms with E-state index in [9.17, 15) is 14.0 Å². The zero-order chi connectivity index (χ0) is 26.7. The average Bonchev–Trinajstić information content (AvgIpc) is 3.22. The van der Waals surface area contributed by atoms with Crippen LogP contribution in [-0.2, 0) is 4.79 Å². The molecule has 2 atom stereocenters. The largest absolute Gasteiger partial charge is 0.364 e. The lowest BCUT2D eigenvalue weighted by molar-refractivity contribution is -0.124. The summed E-state index contributed by atoms with van der Waals surface area (Å²) in [6.07, 6.45) is 7.63. The lowest BCUT2D eigenvalue weighted by atomic mass is 9.90. The number of amides is 1. The van der Waals surface area contributed by atoms with Crippen molar-refractivity contribution < 1.29 is 18.5 Å². The van der Waals surface area contributed by atoms with Gasteiger partial charge in [-0.2, -0.15) is 0 Å². The lowest BCUT2D eigenvalue weighted by Gasteiger charge is -2.30. The quantitative estimate of drug-likeness (QED) is 0.242. The third-order valence-corrected chi connectivity index (χ3v) is 8.38. The highest BCUT2D eigenvalue weighted by Gasteiger charge is 2.58. The molecule has 1 aliphatic heterocycles. The van der Waals surface area contributed by atoms with Gasteiger partial charge in [-0.15, -0.1) is 0 Å². The molecule has 2 fully saturated rings. The Bertz CT molecular complexity index is 1270. The molecule has 5 rings (SSSR count). The predicted molar refractivity (Wildman–Crippen MR) is 141 cm³/mol. The molecule has 1 aliphatic carbocycles. The molecular formula is C28H33ClFN5O3. The number of carbonyl (C=O) groups excluding carboxylic acids is 2. The Labute approximate surface area is 226 Å². The Hall–Kier alpha value is -3.04. The van der Waals surface area contributed by atoms with Crippen LogP contribution in [0.2, 0.25) is 5.15 Å². The molecule has 0 bridgehead atoms. The zero-order valence-electron chi connectivity index (χ0n) is 21.5. The van der Waals surface area contributed by atoms with E-state index in [1.807, 2.05) is 0 Å². The molecule has 2 N–H and O–H groups in total. The Morgan fingerprint density at radius 3 is 2.76 bits per heavy atom. The number of imidazole rings is 1. The molecule has 1 saturated carbocycles. The minimum atomic E-state index is -0.399. The van der Waals surface area contributed by atoms with Crippen LogP contribution in [0.5, 0.6) is 0 Å². The first kappa shape index (κ1) is 26.6. The number of aromatic nitrogens is 3. The number of carbonyl (C=O) groups is 2. The zero-order valence-corrected chi connectivity index (χ0v) is 22.3. The van der Waals surface area contributed by atoms with Crippen molar-refractivity contribution in [2.24, 2.45) is 11.3 Å². The van der Waals surface area contributed by atoms with Crippen LogP contribution >= 0.6 is 11.6 Å². The van der Waals surface area contributed by atoms with E-state index in [-0.39, 0.29) is 28.2 Å². The fraction of sp³-hybridized carbons (Fsp3) is 0.500.